The first-order valence-corrected chi connectivity index (χ1v) is 4.73. The topological polar surface area (TPSA) is 148 Å². The third-order valence-electron chi connectivity index (χ3n) is 2.08. The summed E-state index contributed by atoms with van der Waals surface area (Å²) in [5.74, 6) is -1.46. The number of nitriles is 1. The predicted octanol–water partition coefficient (Wildman–Crippen LogP) is 0.140. The number of carbonyl (C=O) groups is 1. The minimum atomic E-state index is -1.52. The van der Waals surface area contributed by atoms with Gasteiger partial charge in [0, 0.05) is 0 Å². The zero-order valence-corrected chi connectivity index (χ0v) is 9.09. The zero-order valence-electron chi connectivity index (χ0n) is 9.09. The van der Waals surface area contributed by atoms with E-state index < -0.39 is 22.3 Å². The number of nitro groups is 1. The summed E-state index contributed by atoms with van der Waals surface area (Å²) >= 11 is 0. The fourth-order valence-electron chi connectivity index (χ4n) is 1.27. The molecule has 10 nitrogen and oxygen atoms in total. The summed E-state index contributed by atoms with van der Waals surface area (Å²) in [5.41, 5.74) is -1.29. The van der Waals surface area contributed by atoms with Gasteiger partial charge in [-0.25, -0.2) is 19.4 Å². The van der Waals surface area contributed by atoms with Crippen molar-refractivity contribution in [3.8, 4) is 11.9 Å². The Bertz CT molecular complexity index is 667. The molecule has 1 N–H and O–H groups in total. The highest BCUT2D eigenvalue weighted by Crippen LogP contribution is 2.18. The van der Waals surface area contributed by atoms with E-state index in [2.05, 4.69) is 15.1 Å². The van der Waals surface area contributed by atoms with Crippen molar-refractivity contribution >= 4 is 11.7 Å². The summed E-state index contributed by atoms with van der Waals surface area (Å²) in [6, 6.07) is 1.75. The summed E-state index contributed by atoms with van der Waals surface area (Å²) < 4.78 is 0.912. The molecule has 0 aliphatic heterocycles. The molecular weight excluding hydrogens is 256 g/mol. The van der Waals surface area contributed by atoms with Crippen LogP contribution in [-0.2, 0) is 0 Å². The molecule has 0 saturated heterocycles. The van der Waals surface area contributed by atoms with Crippen LogP contribution in [-0.4, -0.2) is 35.7 Å². The van der Waals surface area contributed by atoms with Gasteiger partial charge in [-0.2, -0.15) is 10.4 Å². The lowest BCUT2D eigenvalue weighted by molar-refractivity contribution is -0.385. The van der Waals surface area contributed by atoms with Crippen molar-refractivity contribution < 1.29 is 14.8 Å². The number of nitrogens with zero attached hydrogens (tertiary/aromatic N) is 6. The molecule has 0 aliphatic carbocycles. The third kappa shape index (κ3) is 2.20. The number of rotatable bonds is 3. The smallest absolute Gasteiger partial charge is 0.363 e. The van der Waals surface area contributed by atoms with Gasteiger partial charge in [0.1, 0.15) is 12.3 Å². The van der Waals surface area contributed by atoms with Gasteiger partial charge in [-0.1, -0.05) is 0 Å². The van der Waals surface area contributed by atoms with Crippen molar-refractivity contribution in [2.24, 2.45) is 0 Å². The normalized spacial score (nSPS) is 9.84. The lowest BCUT2D eigenvalue weighted by Crippen LogP contribution is -2.04. The SMILES string of the molecule is N#Cc1cnc(-n2cc([N+](=O)[O-])c(C(=O)O)n2)cn1. The second-order valence-corrected chi connectivity index (χ2v) is 3.24. The van der Waals surface area contributed by atoms with Crippen LogP contribution in [0.15, 0.2) is 18.6 Å². The second-order valence-electron chi connectivity index (χ2n) is 3.24. The van der Waals surface area contributed by atoms with E-state index in [1.165, 1.54) is 0 Å². The number of hydrogen-bond acceptors (Lipinski definition) is 7. The van der Waals surface area contributed by atoms with Crippen molar-refractivity contribution in [1.82, 2.24) is 19.7 Å². The predicted molar refractivity (Wildman–Crippen MR) is 57.5 cm³/mol. The van der Waals surface area contributed by atoms with Gasteiger partial charge in [0.2, 0.25) is 5.69 Å². The van der Waals surface area contributed by atoms with Gasteiger partial charge in [0.05, 0.1) is 17.3 Å². The van der Waals surface area contributed by atoms with E-state index in [-0.39, 0.29) is 11.5 Å². The Morgan fingerprint density at radius 1 is 1.47 bits per heavy atom. The number of hydrogen-bond donors (Lipinski definition) is 1. The van der Waals surface area contributed by atoms with Crippen LogP contribution in [0, 0.1) is 21.4 Å². The lowest BCUT2D eigenvalue weighted by atomic mass is 10.4. The van der Waals surface area contributed by atoms with Crippen LogP contribution in [0.3, 0.4) is 0 Å². The summed E-state index contributed by atoms with van der Waals surface area (Å²) in [6.07, 6.45) is 3.21. The Labute approximate surface area is 104 Å². The van der Waals surface area contributed by atoms with E-state index in [0.29, 0.717) is 0 Å². The first-order chi connectivity index (χ1) is 9.02. The first-order valence-electron chi connectivity index (χ1n) is 4.73. The average Bonchev–Trinajstić information content (AvgIpc) is 2.84. The summed E-state index contributed by atoms with van der Waals surface area (Å²) in [6.45, 7) is 0. The van der Waals surface area contributed by atoms with Gasteiger partial charge >= 0.3 is 11.7 Å². The lowest BCUT2D eigenvalue weighted by Gasteiger charge is -1.97. The molecule has 0 saturated carbocycles. The van der Waals surface area contributed by atoms with E-state index in [1.807, 2.05) is 0 Å². The van der Waals surface area contributed by atoms with E-state index in [4.69, 9.17) is 10.4 Å². The van der Waals surface area contributed by atoms with Crippen molar-refractivity contribution in [2.75, 3.05) is 0 Å². The molecule has 2 heterocycles. The van der Waals surface area contributed by atoms with E-state index in [1.54, 1.807) is 6.07 Å². The Balaban J connectivity index is 2.51. The van der Waals surface area contributed by atoms with Gasteiger partial charge in [0.15, 0.2) is 11.5 Å². The zero-order chi connectivity index (χ0) is 14.0. The molecule has 0 bridgehead atoms. The summed E-state index contributed by atoms with van der Waals surface area (Å²) in [4.78, 5) is 28.1. The average molecular weight is 260 g/mol. The first kappa shape index (κ1) is 12.1. The van der Waals surface area contributed by atoms with Crippen LogP contribution in [0.5, 0.6) is 0 Å². The Morgan fingerprint density at radius 2 is 2.21 bits per heavy atom. The molecule has 10 heteroatoms. The largest absolute Gasteiger partial charge is 0.476 e. The highest BCUT2D eigenvalue weighted by atomic mass is 16.6. The van der Waals surface area contributed by atoms with E-state index in [0.717, 1.165) is 23.3 Å². The van der Waals surface area contributed by atoms with Crippen LogP contribution >= 0.6 is 0 Å². The number of carboxylic acids is 1. The Kier molecular flexibility index (Phi) is 2.86. The van der Waals surface area contributed by atoms with Gasteiger partial charge in [-0.15, -0.1) is 0 Å². The summed E-state index contributed by atoms with van der Waals surface area (Å²) in [5, 5.41) is 31.6. The fraction of sp³-hybridized carbons (Fsp3) is 0. The van der Waals surface area contributed by atoms with Crippen LogP contribution in [0.4, 0.5) is 5.69 Å². The molecule has 19 heavy (non-hydrogen) atoms. The minimum Gasteiger partial charge on any atom is -0.476 e. The van der Waals surface area contributed by atoms with Gasteiger partial charge in [0.25, 0.3) is 0 Å². The van der Waals surface area contributed by atoms with E-state index >= 15 is 0 Å². The molecule has 2 rings (SSSR count). The van der Waals surface area contributed by atoms with Crippen LogP contribution < -0.4 is 0 Å². The van der Waals surface area contributed by atoms with E-state index in [9.17, 15) is 14.9 Å². The third-order valence-corrected chi connectivity index (χ3v) is 2.08. The van der Waals surface area contributed by atoms with Crippen LogP contribution in [0.25, 0.3) is 5.82 Å². The second kappa shape index (κ2) is 4.49. The molecular formula is C9H4N6O4. The van der Waals surface area contributed by atoms with Crippen molar-refractivity contribution in [1.29, 1.82) is 5.26 Å². The van der Waals surface area contributed by atoms with Gasteiger partial charge in [-0.05, 0) is 0 Å². The van der Waals surface area contributed by atoms with Crippen molar-refractivity contribution in [3.05, 3.63) is 40.1 Å². The molecule has 0 radical (unpaired) electrons. The Hall–Kier alpha value is -3.35. The number of carboxylic acid groups (broad SMARTS) is 1. The van der Waals surface area contributed by atoms with Gasteiger partial charge < -0.3 is 5.11 Å². The maximum absolute atomic E-state index is 10.8. The Morgan fingerprint density at radius 3 is 2.63 bits per heavy atom. The highest BCUT2D eigenvalue weighted by Gasteiger charge is 2.25. The monoisotopic (exact) mass is 260 g/mol. The molecule has 2 aromatic rings. The molecule has 0 spiro atoms. The molecule has 2 aromatic heterocycles. The molecule has 94 valence electrons. The maximum atomic E-state index is 10.8. The maximum Gasteiger partial charge on any atom is 0.363 e. The van der Waals surface area contributed by atoms with Crippen LogP contribution in [0.2, 0.25) is 0 Å². The fourth-order valence-corrected chi connectivity index (χ4v) is 1.27. The van der Waals surface area contributed by atoms with Crippen molar-refractivity contribution in [3.63, 3.8) is 0 Å². The highest BCUT2D eigenvalue weighted by molar-refractivity contribution is 5.89. The molecule has 0 atom stereocenters. The quantitative estimate of drug-likeness (QED) is 0.605. The standard InChI is InChI=1S/C9H4N6O4/c10-1-5-2-12-7(3-11-5)14-4-6(15(18)19)8(13-14)9(16)17/h2-4H,(H,16,17). The van der Waals surface area contributed by atoms with Gasteiger partial charge in [-0.3, -0.25) is 10.1 Å². The number of aromatic nitrogens is 4. The van der Waals surface area contributed by atoms with Crippen molar-refractivity contribution in [2.45, 2.75) is 0 Å². The molecule has 0 aromatic carbocycles. The minimum absolute atomic E-state index is 0.0591. The summed E-state index contributed by atoms with van der Waals surface area (Å²) in [7, 11) is 0. The van der Waals surface area contributed by atoms with Crippen LogP contribution in [0.1, 0.15) is 16.2 Å². The molecule has 0 amide bonds. The molecule has 0 unspecified atom stereocenters. The molecule has 0 fully saturated rings. The number of aromatic carboxylic acids is 1. The molecule has 0 aliphatic rings.